The number of amides is 3. The Bertz CT molecular complexity index is 2740. The molecule has 3 saturated heterocycles. The number of aryl methyl sites for hydroxylation is 1. The fourth-order valence-electron chi connectivity index (χ4n) is 7.95. The highest BCUT2D eigenvalue weighted by Gasteiger charge is 2.40. The molecule has 2 N–H and O–H groups in total. The van der Waals surface area contributed by atoms with Crippen molar-refractivity contribution in [2.24, 2.45) is 7.05 Å². The molecule has 59 heavy (non-hydrogen) atoms. The number of nitrogens with zero attached hydrogens (tertiary/aromatic N) is 8. The van der Waals surface area contributed by atoms with Gasteiger partial charge in [0.2, 0.25) is 11.8 Å². The van der Waals surface area contributed by atoms with Gasteiger partial charge in [-0.05, 0) is 55.2 Å². The Balaban J connectivity index is 0.799. The van der Waals surface area contributed by atoms with Gasteiger partial charge in [0.15, 0.2) is 11.3 Å². The monoisotopic (exact) mass is 804 g/mol. The van der Waals surface area contributed by atoms with E-state index >= 15 is 0 Å². The van der Waals surface area contributed by atoms with Crippen LogP contribution in [0.3, 0.4) is 0 Å². The Morgan fingerprint density at radius 1 is 1.14 bits per heavy atom. The van der Waals surface area contributed by atoms with Crippen LogP contribution in [0.2, 0.25) is 0 Å². The number of imidazole rings is 1. The lowest BCUT2D eigenvalue weighted by Crippen LogP contribution is -2.44. The minimum Gasteiger partial charge on any atom is -0.377 e. The van der Waals surface area contributed by atoms with Gasteiger partial charge in [0, 0.05) is 39.2 Å². The normalized spacial score (nSPS) is 18.8. The average Bonchev–Trinajstić information content (AvgIpc) is 4.08. The number of para-hydroxylation sites is 1. The van der Waals surface area contributed by atoms with Gasteiger partial charge in [-0.25, -0.2) is 27.8 Å². The zero-order valence-corrected chi connectivity index (χ0v) is 31.8. The second-order valence-electron chi connectivity index (χ2n) is 14.7. The highest BCUT2D eigenvalue weighted by molar-refractivity contribution is 6.08. The topological polar surface area (TPSA) is 172 Å². The Morgan fingerprint density at radius 3 is 2.75 bits per heavy atom. The molecule has 0 spiro atoms. The number of unbranched alkanes of at least 4 members (excludes halogenated alkanes) is 1. The molecule has 3 aliphatic rings. The first-order valence-corrected chi connectivity index (χ1v) is 19.2. The summed E-state index contributed by atoms with van der Waals surface area (Å²) < 4.78 is 45.5. The van der Waals surface area contributed by atoms with Crippen LogP contribution in [0.5, 0.6) is 0 Å². The Morgan fingerprint density at radius 2 is 1.98 bits per heavy atom. The van der Waals surface area contributed by atoms with Crippen LogP contribution in [0.25, 0.3) is 22.4 Å². The van der Waals surface area contributed by atoms with Gasteiger partial charge in [0.25, 0.3) is 12.3 Å². The third-order valence-electron chi connectivity index (χ3n) is 10.9. The summed E-state index contributed by atoms with van der Waals surface area (Å²) in [6, 6.07) is 13.7. The largest absolute Gasteiger partial charge is 0.377 e. The van der Waals surface area contributed by atoms with Crippen LogP contribution in [0, 0.1) is 11.8 Å². The molecule has 6 aromatic rings. The van der Waals surface area contributed by atoms with Crippen molar-refractivity contribution in [3.63, 3.8) is 0 Å². The van der Waals surface area contributed by atoms with Crippen molar-refractivity contribution in [1.29, 1.82) is 0 Å². The Kier molecular flexibility index (Phi) is 9.98. The molecule has 3 amide bonds. The van der Waals surface area contributed by atoms with E-state index in [0.29, 0.717) is 73.0 Å². The van der Waals surface area contributed by atoms with Gasteiger partial charge in [-0.1, -0.05) is 30.0 Å². The fourth-order valence-corrected chi connectivity index (χ4v) is 7.95. The van der Waals surface area contributed by atoms with E-state index < -0.39 is 30.0 Å². The number of fused-ring (bicyclic) bond motifs is 4. The summed E-state index contributed by atoms with van der Waals surface area (Å²) in [5.41, 5.74) is 2.61. The number of alkyl halides is 2. The fraction of sp³-hybridized carbons (Fsp3) is 0.341. The van der Waals surface area contributed by atoms with E-state index in [-0.39, 0.29) is 47.8 Å². The third-order valence-corrected chi connectivity index (χ3v) is 10.9. The highest BCUT2D eigenvalue weighted by atomic mass is 19.3. The second kappa shape index (κ2) is 15.6. The molecular weight excluding hydrogens is 767 g/mol. The van der Waals surface area contributed by atoms with Crippen LogP contribution >= 0.6 is 0 Å². The number of morpholine rings is 1. The van der Waals surface area contributed by atoms with E-state index in [4.69, 9.17) is 14.5 Å². The van der Waals surface area contributed by atoms with Crippen LogP contribution in [0.15, 0.2) is 71.9 Å². The van der Waals surface area contributed by atoms with Crippen molar-refractivity contribution >= 4 is 45.9 Å². The first-order chi connectivity index (χ1) is 28.6. The predicted molar refractivity (Wildman–Crippen MR) is 209 cm³/mol. The smallest absolute Gasteiger partial charge is 0.329 e. The molecule has 302 valence electrons. The van der Waals surface area contributed by atoms with Crippen molar-refractivity contribution in [2.75, 3.05) is 30.0 Å². The molecule has 4 aromatic heterocycles. The minimum absolute atomic E-state index is 0.128. The number of rotatable bonds is 11. The van der Waals surface area contributed by atoms with Crippen molar-refractivity contribution in [2.45, 2.75) is 63.3 Å². The quantitative estimate of drug-likeness (QED) is 0.111. The van der Waals surface area contributed by atoms with Crippen molar-refractivity contribution in [3.8, 4) is 17.5 Å². The van der Waals surface area contributed by atoms with E-state index in [2.05, 4.69) is 37.6 Å². The van der Waals surface area contributed by atoms with Crippen LogP contribution in [-0.4, -0.2) is 83.1 Å². The molecule has 1 unspecified atom stereocenters. The molecule has 0 radical (unpaired) electrons. The van der Waals surface area contributed by atoms with Crippen LogP contribution in [-0.2, 0) is 32.7 Å². The average molecular weight is 805 g/mol. The number of piperidine rings is 1. The summed E-state index contributed by atoms with van der Waals surface area (Å²) in [4.78, 5) is 57.6. The number of benzene rings is 2. The maximum Gasteiger partial charge on any atom is 0.329 e. The van der Waals surface area contributed by atoms with E-state index in [9.17, 15) is 28.0 Å². The van der Waals surface area contributed by atoms with Gasteiger partial charge in [-0.2, -0.15) is 10.2 Å². The number of halogens is 2. The molecule has 2 bridgehead atoms. The maximum absolute atomic E-state index is 14.2. The first-order valence-electron chi connectivity index (χ1n) is 19.2. The number of carbonyl (C=O) groups excluding carboxylic acids is 3. The summed E-state index contributed by atoms with van der Waals surface area (Å²) in [5.74, 6) is 5.52. The van der Waals surface area contributed by atoms with Gasteiger partial charge >= 0.3 is 5.69 Å². The number of ether oxygens (including phenoxy) is 2. The van der Waals surface area contributed by atoms with Gasteiger partial charge in [-0.15, -0.1) is 0 Å². The van der Waals surface area contributed by atoms with E-state index in [1.807, 2.05) is 24.3 Å². The first kappa shape index (κ1) is 37.8. The summed E-state index contributed by atoms with van der Waals surface area (Å²) in [7, 11) is 1.64. The zero-order valence-electron chi connectivity index (χ0n) is 31.8. The van der Waals surface area contributed by atoms with E-state index in [0.717, 1.165) is 12.0 Å². The summed E-state index contributed by atoms with van der Waals surface area (Å²) in [6.07, 6.45) is 4.17. The predicted octanol–water partition coefficient (Wildman–Crippen LogP) is 4.06. The number of hydrogen-bond acceptors (Lipinski definition) is 10. The standard InChI is InChI=1S/C41H38F2N10O6/c1-49-36-25(7-5-8-31(36)53(41(49)57)32-13-14-34(54)47-40(32)56)6-3-2-4-17-58-22-24-9-11-26(12-10-24)52-21-30(35(48-52)37(42)43)45-39(55)29-19-44-51-16-15-33(46-38(29)51)50-20-28-18-27(50)23-59-28/h5,7-12,15-16,19,21,27-28,32,37H,2,4,13-14,17-18,20,22-23H2,1H3,(H,45,55)(H,47,54,56)/t27-,28-,32?/m1/s1. The Hall–Kier alpha value is -6.71. The van der Waals surface area contributed by atoms with Crippen molar-refractivity contribution in [3.05, 3.63) is 100.0 Å². The van der Waals surface area contributed by atoms with Crippen molar-refractivity contribution in [1.82, 2.24) is 38.8 Å². The van der Waals surface area contributed by atoms with E-state index in [1.54, 1.807) is 37.5 Å². The second-order valence-corrected chi connectivity index (χ2v) is 14.7. The molecule has 18 heteroatoms. The van der Waals surface area contributed by atoms with Gasteiger partial charge in [0.05, 0.1) is 65.7 Å². The molecule has 0 aliphatic carbocycles. The molecule has 16 nitrogen and oxygen atoms in total. The molecule has 3 fully saturated rings. The molecule has 0 saturated carbocycles. The number of nitrogens with one attached hydrogen (secondary N) is 2. The van der Waals surface area contributed by atoms with Gasteiger partial charge < -0.3 is 19.7 Å². The summed E-state index contributed by atoms with van der Waals surface area (Å²) >= 11 is 0. The third kappa shape index (κ3) is 7.23. The highest BCUT2D eigenvalue weighted by Crippen LogP contribution is 2.33. The van der Waals surface area contributed by atoms with Crippen LogP contribution < -0.4 is 21.2 Å². The summed E-state index contributed by atoms with van der Waals surface area (Å²) in [6.45, 7) is 2.08. The molecule has 3 aliphatic heterocycles. The lowest BCUT2D eigenvalue weighted by molar-refractivity contribution is -0.135. The molecule has 3 atom stereocenters. The van der Waals surface area contributed by atoms with Gasteiger partial charge in [-0.3, -0.25) is 28.8 Å². The number of anilines is 2. The SMILES string of the molecule is Cn1c(=O)n(C2CCC(=O)NC2=O)c2cccc(C#CCCCOCc3ccc(-n4cc(NC(=O)c5cnn6ccc(N7C[C@H]8C[C@@H]7CO8)nc56)c(C(F)F)n4)cc3)c21. The van der Waals surface area contributed by atoms with Gasteiger partial charge in [0.1, 0.15) is 17.4 Å². The summed E-state index contributed by atoms with van der Waals surface area (Å²) in [5, 5.41) is 13.2. The van der Waals surface area contributed by atoms with Crippen molar-refractivity contribution < 1.29 is 32.6 Å². The molecule has 2 aromatic carbocycles. The number of hydrogen-bond donors (Lipinski definition) is 2. The zero-order chi connectivity index (χ0) is 40.8. The number of aromatic nitrogens is 7. The lowest BCUT2D eigenvalue weighted by atomic mass is 10.1. The maximum atomic E-state index is 14.2. The molecule has 7 heterocycles. The number of imide groups is 1. The minimum atomic E-state index is -2.94. The van der Waals surface area contributed by atoms with E-state index in [1.165, 1.54) is 30.7 Å². The van der Waals surface area contributed by atoms with Crippen LogP contribution in [0.4, 0.5) is 20.3 Å². The molecule has 9 rings (SSSR count). The molecular formula is C41H38F2N10O6. The van der Waals surface area contributed by atoms with Crippen LogP contribution in [0.1, 0.15) is 71.8 Å². The lowest BCUT2D eigenvalue weighted by Gasteiger charge is -2.27. The Labute approximate surface area is 334 Å². The number of carbonyl (C=O) groups is 3.